The average molecular weight is 438 g/mol. The van der Waals surface area contributed by atoms with Crippen LogP contribution in [0.4, 0.5) is 5.13 Å². The van der Waals surface area contributed by atoms with Crippen LogP contribution in [0.15, 0.2) is 59.6 Å². The number of carbonyl (C=O) groups excluding carboxylic acids is 1. The number of nitrogens with zero attached hydrogens (tertiary/aromatic N) is 1. The van der Waals surface area contributed by atoms with E-state index >= 15 is 0 Å². The van der Waals surface area contributed by atoms with Crippen LogP contribution in [0.2, 0.25) is 5.02 Å². The molecule has 3 rings (SSSR count). The van der Waals surface area contributed by atoms with Gasteiger partial charge in [0.05, 0.1) is 4.90 Å². The summed E-state index contributed by atoms with van der Waals surface area (Å²) in [5.74, 6) is 0.218. The Labute approximate surface area is 171 Å². The minimum atomic E-state index is -3.71. The van der Waals surface area contributed by atoms with Gasteiger partial charge in [0, 0.05) is 22.5 Å². The van der Waals surface area contributed by atoms with E-state index in [1.807, 2.05) is 0 Å². The molecule has 1 amide bonds. The zero-order chi connectivity index (χ0) is 20.1. The monoisotopic (exact) mass is 437 g/mol. The molecule has 0 bridgehead atoms. The molecular weight excluding hydrogens is 422 g/mol. The lowest BCUT2D eigenvalue weighted by Gasteiger charge is -2.05. The van der Waals surface area contributed by atoms with Crippen molar-refractivity contribution in [1.29, 1.82) is 0 Å². The van der Waals surface area contributed by atoms with Gasteiger partial charge in [-0.1, -0.05) is 23.7 Å². The maximum Gasteiger partial charge on any atom is 0.264 e. The zero-order valence-electron chi connectivity index (χ0n) is 14.5. The molecule has 0 atom stereocenters. The lowest BCUT2D eigenvalue weighted by atomic mass is 10.1. The summed E-state index contributed by atoms with van der Waals surface area (Å²) in [6.45, 7) is -0.147. The zero-order valence-corrected chi connectivity index (χ0v) is 16.9. The summed E-state index contributed by atoms with van der Waals surface area (Å²) in [4.78, 5) is 17.1. The molecule has 10 heteroatoms. The van der Waals surface area contributed by atoms with Crippen LogP contribution in [0.5, 0.6) is 5.75 Å². The first-order chi connectivity index (χ1) is 13.3. The highest BCUT2D eigenvalue weighted by Gasteiger charge is 2.10. The minimum absolute atomic E-state index is 0.0641. The standard InChI is InChI=1S/C18H16ClN3O4S2/c19-13-3-5-14(6-4-13)26-11-17(23)22-18-21-10-15(27-18)9-12-1-7-16(8-2-12)28(20,24)25/h1-8,10H,9,11H2,(H2,20,24,25)(H,21,22,23). The summed E-state index contributed by atoms with van der Waals surface area (Å²) < 4.78 is 27.9. The predicted molar refractivity (Wildman–Crippen MR) is 108 cm³/mol. The SMILES string of the molecule is NS(=O)(=O)c1ccc(Cc2cnc(NC(=O)COc3ccc(Cl)cc3)s2)cc1. The van der Waals surface area contributed by atoms with Gasteiger partial charge in [-0.2, -0.15) is 0 Å². The number of anilines is 1. The molecule has 0 radical (unpaired) electrons. The van der Waals surface area contributed by atoms with E-state index in [4.69, 9.17) is 21.5 Å². The molecule has 3 aromatic rings. The molecule has 0 spiro atoms. The Balaban J connectivity index is 1.53. The molecule has 0 saturated carbocycles. The van der Waals surface area contributed by atoms with Crippen LogP contribution in [0.25, 0.3) is 0 Å². The number of thiazole rings is 1. The minimum Gasteiger partial charge on any atom is -0.484 e. The molecule has 0 unspecified atom stereocenters. The average Bonchev–Trinajstić information content (AvgIpc) is 3.07. The molecule has 0 fully saturated rings. The van der Waals surface area contributed by atoms with Gasteiger partial charge in [0.2, 0.25) is 10.0 Å². The molecular formula is C18H16ClN3O4S2. The summed E-state index contributed by atoms with van der Waals surface area (Å²) >= 11 is 7.13. The van der Waals surface area contributed by atoms with E-state index in [1.54, 1.807) is 42.6 Å². The Bertz CT molecular complexity index is 1060. The summed E-state index contributed by atoms with van der Waals surface area (Å²) in [6, 6.07) is 13.0. The van der Waals surface area contributed by atoms with E-state index in [0.717, 1.165) is 10.4 Å². The number of primary sulfonamides is 1. The maximum atomic E-state index is 12.0. The van der Waals surface area contributed by atoms with Gasteiger partial charge < -0.3 is 4.74 Å². The van der Waals surface area contributed by atoms with E-state index in [1.165, 1.54) is 23.5 Å². The van der Waals surface area contributed by atoms with Crippen LogP contribution in [-0.2, 0) is 21.2 Å². The van der Waals surface area contributed by atoms with Crippen molar-refractivity contribution in [2.24, 2.45) is 5.14 Å². The van der Waals surface area contributed by atoms with E-state index in [2.05, 4.69) is 10.3 Å². The van der Waals surface area contributed by atoms with Gasteiger partial charge in [0.1, 0.15) is 5.75 Å². The molecule has 28 heavy (non-hydrogen) atoms. The van der Waals surface area contributed by atoms with Crippen molar-refractivity contribution in [3.63, 3.8) is 0 Å². The Morgan fingerprint density at radius 2 is 1.82 bits per heavy atom. The van der Waals surface area contributed by atoms with Crippen LogP contribution in [0.1, 0.15) is 10.4 Å². The van der Waals surface area contributed by atoms with E-state index < -0.39 is 10.0 Å². The van der Waals surface area contributed by atoms with Crippen LogP contribution in [0.3, 0.4) is 0 Å². The van der Waals surface area contributed by atoms with Crippen LogP contribution >= 0.6 is 22.9 Å². The number of nitrogens with two attached hydrogens (primary N) is 1. The second-order valence-corrected chi connectivity index (χ2v) is 8.90. The number of carbonyl (C=O) groups is 1. The fourth-order valence-electron chi connectivity index (χ4n) is 2.28. The summed E-state index contributed by atoms with van der Waals surface area (Å²) in [7, 11) is -3.71. The topological polar surface area (TPSA) is 111 Å². The maximum absolute atomic E-state index is 12.0. The van der Waals surface area contributed by atoms with E-state index in [0.29, 0.717) is 22.3 Å². The second kappa shape index (κ2) is 8.70. The third-order valence-corrected chi connectivity index (χ3v) is 5.71. The van der Waals surface area contributed by atoms with Crippen LogP contribution in [0, 0.1) is 0 Å². The van der Waals surface area contributed by atoms with Gasteiger partial charge in [-0.15, -0.1) is 11.3 Å². The molecule has 146 valence electrons. The van der Waals surface area contributed by atoms with Gasteiger partial charge in [0.25, 0.3) is 5.91 Å². The Morgan fingerprint density at radius 3 is 2.46 bits per heavy atom. The van der Waals surface area contributed by atoms with E-state index in [-0.39, 0.29) is 17.4 Å². The van der Waals surface area contributed by atoms with E-state index in [9.17, 15) is 13.2 Å². The van der Waals surface area contributed by atoms with Crippen molar-refractivity contribution in [2.75, 3.05) is 11.9 Å². The van der Waals surface area contributed by atoms with Crippen LogP contribution in [-0.4, -0.2) is 25.9 Å². The molecule has 2 aromatic carbocycles. The summed E-state index contributed by atoms with van der Waals surface area (Å²) in [5.41, 5.74) is 0.903. The second-order valence-electron chi connectivity index (χ2n) is 5.79. The number of nitrogens with one attached hydrogen (secondary N) is 1. The first-order valence-corrected chi connectivity index (χ1v) is 10.8. The third kappa shape index (κ3) is 5.77. The molecule has 1 heterocycles. The van der Waals surface area contributed by atoms with Crippen molar-refractivity contribution < 1.29 is 17.9 Å². The van der Waals surface area contributed by atoms with Gasteiger partial charge in [0.15, 0.2) is 11.7 Å². The highest BCUT2D eigenvalue weighted by atomic mass is 35.5. The third-order valence-electron chi connectivity index (χ3n) is 3.61. The number of halogens is 1. The molecule has 0 saturated heterocycles. The number of amides is 1. The number of hydrogen-bond acceptors (Lipinski definition) is 6. The molecule has 0 aliphatic rings. The lowest BCUT2D eigenvalue weighted by molar-refractivity contribution is -0.118. The Kier molecular flexibility index (Phi) is 6.30. The van der Waals surface area contributed by atoms with Crippen LogP contribution < -0.4 is 15.2 Å². The number of ether oxygens (including phenoxy) is 1. The predicted octanol–water partition coefficient (Wildman–Crippen LogP) is 3.05. The van der Waals surface area contributed by atoms with Crippen molar-refractivity contribution in [2.45, 2.75) is 11.3 Å². The van der Waals surface area contributed by atoms with Crippen molar-refractivity contribution in [1.82, 2.24) is 4.98 Å². The smallest absolute Gasteiger partial charge is 0.264 e. The fourth-order valence-corrected chi connectivity index (χ4v) is 3.78. The first kappa shape index (κ1) is 20.3. The Hall–Kier alpha value is -2.46. The molecule has 3 N–H and O–H groups in total. The number of sulfonamides is 1. The van der Waals surface area contributed by atoms with Crippen molar-refractivity contribution >= 4 is 44.0 Å². The van der Waals surface area contributed by atoms with Crippen molar-refractivity contribution in [3.8, 4) is 5.75 Å². The first-order valence-electron chi connectivity index (χ1n) is 8.04. The Morgan fingerprint density at radius 1 is 1.14 bits per heavy atom. The highest BCUT2D eigenvalue weighted by molar-refractivity contribution is 7.89. The number of benzene rings is 2. The normalized spacial score (nSPS) is 11.2. The van der Waals surface area contributed by atoms with Gasteiger partial charge >= 0.3 is 0 Å². The van der Waals surface area contributed by atoms with Gasteiger partial charge in [-0.05, 0) is 42.0 Å². The number of rotatable bonds is 7. The number of aromatic nitrogens is 1. The largest absolute Gasteiger partial charge is 0.484 e. The van der Waals surface area contributed by atoms with Gasteiger partial charge in [-0.25, -0.2) is 18.5 Å². The summed E-state index contributed by atoms with van der Waals surface area (Å²) in [6.07, 6.45) is 2.22. The molecule has 0 aliphatic heterocycles. The summed E-state index contributed by atoms with van der Waals surface area (Å²) in [5, 5.41) is 8.81. The lowest BCUT2D eigenvalue weighted by Crippen LogP contribution is -2.19. The molecule has 0 aliphatic carbocycles. The quantitative estimate of drug-likeness (QED) is 0.590. The molecule has 7 nitrogen and oxygen atoms in total. The number of hydrogen-bond donors (Lipinski definition) is 2. The van der Waals surface area contributed by atoms with Crippen molar-refractivity contribution in [3.05, 3.63) is 70.2 Å². The fraction of sp³-hybridized carbons (Fsp3) is 0.111. The molecule has 1 aromatic heterocycles. The highest BCUT2D eigenvalue weighted by Crippen LogP contribution is 2.22. The van der Waals surface area contributed by atoms with Gasteiger partial charge in [-0.3, -0.25) is 10.1 Å².